The fourth-order valence-electron chi connectivity index (χ4n) is 2.88. The molecule has 2 aromatic rings. The smallest absolute Gasteiger partial charge is 0.268 e. The molecular weight excluding hydrogens is 308 g/mol. The first kappa shape index (κ1) is 19.2. The van der Waals surface area contributed by atoms with E-state index in [2.05, 4.69) is 63.5 Å². The lowest BCUT2D eigenvalue weighted by molar-refractivity contribution is 0.0542. The van der Waals surface area contributed by atoms with Crippen LogP contribution >= 0.6 is 0 Å². The molecule has 0 radical (unpaired) electrons. The number of hydrogen-bond acceptors (Lipinski definition) is 2. The highest BCUT2D eigenvalue weighted by molar-refractivity contribution is 5.94. The number of hydrazine groups is 1. The third-order valence-corrected chi connectivity index (χ3v) is 3.96. The Labute approximate surface area is 152 Å². The molecule has 0 heterocycles. The van der Waals surface area contributed by atoms with E-state index in [0.717, 1.165) is 28.7 Å². The number of aryl methyl sites for hydroxylation is 3. The van der Waals surface area contributed by atoms with Crippen LogP contribution in [0.3, 0.4) is 0 Å². The number of rotatable bonds is 5. The number of carbonyl (C=O) groups excluding carboxylic acids is 1. The highest BCUT2D eigenvalue weighted by Gasteiger charge is 2.22. The van der Waals surface area contributed by atoms with Crippen molar-refractivity contribution in [1.82, 2.24) is 10.4 Å². The second kappa shape index (κ2) is 7.83. The van der Waals surface area contributed by atoms with Crippen molar-refractivity contribution in [3.8, 4) is 0 Å². The lowest BCUT2D eigenvalue weighted by Gasteiger charge is -2.32. The molecule has 3 nitrogen and oxygen atoms in total. The Balaban J connectivity index is 2.29. The molecule has 0 aliphatic rings. The number of carbonyl (C=O) groups is 1. The molecule has 0 fully saturated rings. The largest absolute Gasteiger partial charge is 0.269 e. The summed E-state index contributed by atoms with van der Waals surface area (Å²) < 4.78 is 0. The quantitative estimate of drug-likeness (QED) is 0.793. The molecule has 25 heavy (non-hydrogen) atoms. The molecule has 0 aliphatic heterocycles. The summed E-state index contributed by atoms with van der Waals surface area (Å²) in [7, 11) is 0. The van der Waals surface area contributed by atoms with Gasteiger partial charge in [-0.15, -0.1) is 0 Å². The Hall–Kier alpha value is -2.13. The molecule has 1 N–H and O–H groups in total. The molecule has 0 saturated heterocycles. The summed E-state index contributed by atoms with van der Waals surface area (Å²) in [4.78, 5) is 13.1. The van der Waals surface area contributed by atoms with Gasteiger partial charge in [-0.3, -0.25) is 9.80 Å². The van der Waals surface area contributed by atoms with Gasteiger partial charge in [0, 0.05) is 11.1 Å². The second-order valence-corrected chi connectivity index (χ2v) is 7.80. The first-order valence-corrected chi connectivity index (χ1v) is 8.94. The standard InChI is InChI=1S/C22H30N2O/c1-7-18-8-10-19(11-9-18)15-24(23-22(4,5)6)21(25)20-13-16(2)12-17(3)14-20/h8-14,23H,7,15H2,1-6H3. The molecule has 0 saturated carbocycles. The van der Waals surface area contributed by atoms with Crippen LogP contribution in [-0.2, 0) is 13.0 Å². The van der Waals surface area contributed by atoms with Gasteiger partial charge in [0.15, 0.2) is 0 Å². The zero-order valence-corrected chi connectivity index (χ0v) is 16.3. The van der Waals surface area contributed by atoms with E-state index in [4.69, 9.17) is 0 Å². The molecule has 2 rings (SSSR count). The SMILES string of the molecule is CCc1ccc(CN(NC(C)(C)C)C(=O)c2cc(C)cc(C)c2)cc1. The highest BCUT2D eigenvalue weighted by atomic mass is 16.2. The first-order chi connectivity index (χ1) is 11.7. The van der Waals surface area contributed by atoms with Crippen LogP contribution in [0.25, 0.3) is 0 Å². The van der Waals surface area contributed by atoms with E-state index < -0.39 is 0 Å². The average Bonchev–Trinajstić information content (AvgIpc) is 2.52. The van der Waals surface area contributed by atoms with E-state index in [1.807, 2.05) is 26.0 Å². The number of hydrogen-bond donors (Lipinski definition) is 1. The van der Waals surface area contributed by atoms with E-state index in [1.54, 1.807) is 5.01 Å². The van der Waals surface area contributed by atoms with Crippen molar-refractivity contribution in [3.05, 3.63) is 70.3 Å². The van der Waals surface area contributed by atoms with Gasteiger partial charge in [-0.1, -0.05) is 48.4 Å². The normalized spacial score (nSPS) is 11.4. The van der Waals surface area contributed by atoms with Crippen LogP contribution < -0.4 is 5.43 Å². The van der Waals surface area contributed by atoms with Gasteiger partial charge in [0.05, 0.1) is 6.54 Å². The molecule has 3 heteroatoms. The zero-order valence-electron chi connectivity index (χ0n) is 16.3. The third kappa shape index (κ3) is 5.71. The van der Waals surface area contributed by atoms with Crippen molar-refractivity contribution in [3.63, 3.8) is 0 Å². The first-order valence-electron chi connectivity index (χ1n) is 8.94. The van der Waals surface area contributed by atoms with E-state index in [1.165, 1.54) is 5.56 Å². The molecule has 2 aromatic carbocycles. The van der Waals surface area contributed by atoms with Gasteiger partial charge in [0.1, 0.15) is 0 Å². The molecule has 134 valence electrons. The Morgan fingerprint density at radius 3 is 1.96 bits per heavy atom. The van der Waals surface area contributed by atoms with Gasteiger partial charge < -0.3 is 0 Å². The molecule has 0 unspecified atom stereocenters. The van der Waals surface area contributed by atoms with Crippen molar-refractivity contribution in [2.24, 2.45) is 0 Å². The molecule has 0 atom stereocenters. The minimum Gasteiger partial charge on any atom is -0.269 e. The van der Waals surface area contributed by atoms with Crippen LogP contribution in [-0.4, -0.2) is 16.5 Å². The molecule has 0 aliphatic carbocycles. The van der Waals surface area contributed by atoms with Crippen LogP contribution in [0.2, 0.25) is 0 Å². The maximum atomic E-state index is 13.1. The summed E-state index contributed by atoms with van der Waals surface area (Å²) in [5.74, 6) is 0.00120. The fourth-order valence-corrected chi connectivity index (χ4v) is 2.88. The lowest BCUT2D eigenvalue weighted by atomic mass is 10.1. The van der Waals surface area contributed by atoms with Crippen molar-refractivity contribution < 1.29 is 4.79 Å². The van der Waals surface area contributed by atoms with Gasteiger partial charge in [0.2, 0.25) is 0 Å². The van der Waals surface area contributed by atoms with E-state index in [0.29, 0.717) is 6.54 Å². The number of nitrogens with one attached hydrogen (secondary N) is 1. The van der Waals surface area contributed by atoms with Gasteiger partial charge in [-0.25, -0.2) is 5.43 Å². The maximum absolute atomic E-state index is 13.1. The van der Waals surface area contributed by atoms with Gasteiger partial charge in [0.25, 0.3) is 5.91 Å². The highest BCUT2D eigenvalue weighted by Crippen LogP contribution is 2.15. The van der Waals surface area contributed by atoms with E-state index >= 15 is 0 Å². The molecule has 0 aromatic heterocycles. The molecule has 0 spiro atoms. The summed E-state index contributed by atoms with van der Waals surface area (Å²) in [6.07, 6.45) is 1.02. The summed E-state index contributed by atoms with van der Waals surface area (Å²) >= 11 is 0. The predicted octanol–water partition coefficient (Wildman–Crippen LogP) is 4.81. The second-order valence-electron chi connectivity index (χ2n) is 7.80. The van der Waals surface area contributed by atoms with E-state index in [-0.39, 0.29) is 11.4 Å². The van der Waals surface area contributed by atoms with Crippen molar-refractivity contribution >= 4 is 5.91 Å². The maximum Gasteiger partial charge on any atom is 0.268 e. The van der Waals surface area contributed by atoms with Crippen LogP contribution in [0.15, 0.2) is 42.5 Å². The fraction of sp³-hybridized carbons (Fsp3) is 0.409. The molecule has 0 bridgehead atoms. The molecule has 1 amide bonds. The number of amides is 1. The molecular formula is C22H30N2O. The summed E-state index contributed by atoms with van der Waals surface area (Å²) in [5.41, 5.74) is 8.51. The minimum atomic E-state index is -0.197. The predicted molar refractivity (Wildman–Crippen MR) is 104 cm³/mol. The Bertz CT molecular complexity index is 706. The van der Waals surface area contributed by atoms with Crippen LogP contribution in [0, 0.1) is 13.8 Å². The average molecular weight is 338 g/mol. The Morgan fingerprint density at radius 1 is 0.960 bits per heavy atom. The van der Waals surface area contributed by atoms with E-state index in [9.17, 15) is 4.79 Å². The van der Waals surface area contributed by atoms with Gasteiger partial charge in [-0.2, -0.15) is 0 Å². The monoisotopic (exact) mass is 338 g/mol. The topological polar surface area (TPSA) is 32.3 Å². The Morgan fingerprint density at radius 2 is 1.48 bits per heavy atom. The van der Waals surface area contributed by atoms with Crippen LogP contribution in [0.5, 0.6) is 0 Å². The summed E-state index contributed by atoms with van der Waals surface area (Å²) in [6.45, 7) is 12.9. The Kier molecular flexibility index (Phi) is 6.02. The van der Waals surface area contributed by atoms with Crippen molar-refractivity contribution in [2.45, 2.75) is 60.0 Å². The van der Waals surface area contributed by atoms with Crippen molar-refractivity contribution in [1.29, 1.82) is 0 Å². The van der Waals surface area contributed by atoms with Gasteiger partial charge in [-0.05, 0) is 64.3 Å². The van der Waals surface area contributed by atoms with Crippen LogP contribution in [0.4, 0.5) is 0 Å². The third-order valence-electron chi connectivity index (χ3n) is 3.96. The summed E-state index contributed by atoms with van der Waals surface area (Å²) in [5, 5.41) is 1.73. The lowest BCUT2D eigenvalue weighted by Crippen LogP contribution is -2.51. The number of nitrogens with zero attached hydrogens (tertiary/aromatic N) is 1. The minimum absolute atomic E-state index is 0.00120. The van der Waals surface area contributed by atoms with Crippen molar-refractivity contribution in [2.75, 3.05) is 0 Å². The van der Waals surface area contributed by atoms with Crippen LogP contribution in [0.1, 0.15) is 60.3 Å². The van der Waals surface area contributed by atoms with Gasteiger partial charge >= 0.3 is 0 Å². The zero-order chi connectivity index (χ0) is 18.6. The summed E-state index contributed by atoms with van der Waals surface area (Å²) in [6, 6.07) is 14.5. The number of benzene rings is 2.